The lowest BCUT2D eigenvalue weighted by Gasteiger charge is -2.35. The van der Waals surface area contributed by atoms with Crippen LogP contribution >= 0.6 is 11.3 Å². The van der Waals surface area contributed by atoms with Crippen molar-refractivity contribution in [1.29, 1.82) is 5.26 Å². The highest BCUT2D eigenvalue weighted by atomic mass is 32.1. The number of benzene rings is 1. The Kier molecular flexibility index (Phi) is 7.21. The number of hydrogen-bond acceptors (Lipinski definition) is 9. The Morgan fingerprint density at radius 2 is 1.95 bits per heavy atom. The molecule has 3 aromatic heterocycles. The van der Waals surface area contributed by atoms with E-state index in [2.05, 4.69) is 11.2 Å². The highest BCUT2D eigenvalue weighted by molar-refractivity contribution is 7.16. The lowest BCUT2D eigenvalue weighted by atomic mass is 10.1. The van der Waals surface area contributed by atoms with E-state index >= 15 is 4.39 Å². The minimum absolute atomic E-state index is 0.0811. The summed E-state index contributed by atoms with van der Waals surface area (Å²) in [6.07, 6.45) is 1.87. The van der Waals surface area contributed by atoms with Crippen molar-refractivity contribution in [3.8, 4) is 17.3 Å². The van der Waals surface area contributed by atoms with Crippen LogP contribution in [0.15, 0.2) is 36.5 Å². The van der Waals surface area contributed by atoms with Crippen molar-refractivity contribution in [2.45, 2.75) is 20.3 Å². The highest BCUT2D eigenvalue weighted by Gasteiger charge is 2.26. The van der Waals surface area contributed by atoms with Crippen molar-refractivity contribution in [3.05, 3.63) is 58.7 Å². The second-order valence-corrected chi connectivity index (χ2v) is 10.1. The third-order valence-corrected chi connectivity index (χ3v) is 7.72. The largest absolute Gasteiger partial charge is 0.465 e. The number of halogens is 2. The van der Waals surface area contributed by atoms with Gasteiger partial charge in [0.25, 0.3) is 0 Å². The average molecular weight is 568 g/mol. The van der Waals surface area contributed by atoms with E-state index in [-0.39, 0.29) is 25.5 Å². The van der Waals surface area contributed by atoms with Crippen LogP contribution in [0.1, 0.15) is 27.2 Å². The van der Waals surface area contributed by atoms with Gasteiger partial charge < -0.3 is 14.5 Å². The first-order chi connectivity index (χ1) is 20.1. The van der Waals surface area contributed by atoms with Crippen molar-refractivity contribution in [2.24, 2.45) is 0 Å². The lowest BCUT2D eigenvalue weighted by Crippen LogP contribution is -2.48. The molecule has 0 radical (unpaired) electrons. The number of esters is 1. The van der Waals surface area contributed by atoms with Gasteiger partial charge in [0.05, 0.1) is 44.6 Å². The molecule has 9 nitrogen and oxygen atoms in total. The van der Waals surface area contributed by atoms with Crippen molar-refractivity contribution >= 4 is 39.3 Å². The number of pyridine rings is 1. The molecule has 5 rings (SSSR count). The van der Waals surface area contributed by atoms with Crippen molar-refractivity contribution < 1.29 is 21.1 Å². The first-order valence-electron chi connectivity index (χ1n) is 13.9. The number of aromatic nitrogens is 3. The van der Waals surface area contributed by atoms with E-state index in [4.69, 9.17) is 12.5 Å². The quantitative estimate of drug-likeness (QED) is 0.285. The second-order valence-electron chi connectivity index (χ2n) is 9.14. The molecule has 1 saturated heterocycles. The number of thiazole rings is 1. The Balaban J connectivity index is 1.47. The minimum Gasteiger partial charge on any atom is -0.465 e. The Morgan fingerprint density at radius 1 is 1.23 bits per heavy atom. The molecule has 1 aliphatic rings. The van der Waals surface area contributed by atoms with Crippen LogP contribution in [0.5, 0.6) is 0 Å². The molecule has 0 bridgehead atoms. The molecule has 0 unspecified atom stereocenters. The van der Waals surface area contributed by atoms with Gasteiger partial charge in [0.15, 0.2) is 10.9 Å². The van der Waals surface area contributed by atoms with Crippen LogP contribution < -0.4 is 9.80 Å². The summed E-state index contributed by atoms with van der Waals surface area (Å²) in [4.78, 5) is 22.3. The number of carbonyl (C=O) groups excluding carboxylic acids is 1. The van der Waals surface area contributed by atoms with Gasteiger partial charge in [0, 0.05) is 38.8 Å². The summed E-state index contributed by atoms with van der Waals surface area (Å²) < 4.78 is 51.7. The average Bonchev–Trinajstić information content (AvgIpc) is 3.58. The molecule has 0 saturated carbocycles. The normalized spacial score (nSPS) is 15.1. The maximum atomic E-state index is 15.4. The molecule has 1 aromatic carbocycles. The number of fused-ring (bicyclic) bond motifs is 1. The Labute approximate surface area is 237 Å². The van der Waals surface area contributed by atoms with Crippen LogP contribution in [-0.4, -0.2) is 71.8 Å². The van der Waals surface area contributed by atoms with Gasteiger partial charge in [0.1, 0.15) is 22.5 Å². The van der Waals surface area contributed by atoms with Crippen LogP contribution in [0.2, 0.25) is 0 Å². The summed E-state index contributed by atoms with van der Waals surface area (Å²) in [6, 6.07) is 9.69. The fourth-order valence-electron chi connectivity index (χ4n) is 4.72. The Morgan fingerprint density at radius 3 is 2.60 bits per heavy atom. The molecule has 4 heterocycles. The summed E-state index contributed by atoms with van der Waals surface area (Å²) in [5.74, 6) is -1.80. The topological polar surface area (TPSA) is 90.0 Å². The van der Waals surface area contributed by atoms with E-state index < -0.39 is 18.3 Å². The van der Waals surface area contributed by atoms with E-state index in [0.29, 0.717) is 63.4 Å². The number of carbonyl (C=O) groups is 1. The number of rotatable bonds is 8. The summed E-state index contributed by atoms with van der Waals surface area (Å²) in [5, 5.41) is 14.9. The maximum absolute atomic E-state index is 15.4. The zero-order valence-corrected chi connectivity index (χ0v) is 23.1. The maximum Gasteiger partial charge on any atom is 0.320 e. The lowest BCUT2D eigenvalue weighted by molar-refractivity contribution is -0.144. The standard InChI is InChI=1S/C28H29F2N7O2S/c1-4-21-27(34(3)28-32-26(24(15-31)40-28)18-6-8-19(29)9-7-18)23-14-22(20(30)16-37(23)33-21)36-12-10-35(11-13-36)17-25(38)39-5-2/h6-9,14,16H,4-5,10-13,17H2,1-3H3/i17D2. The molecule has 208 valence electrons. The fraction of sp³-hybridized carbons (Fsp3) is 0.357. The molecule has 0 N–H and O–H groups in total. The van der Waals surface area contributed by atoms with E-state index in [9.17, 15) is 14.4 Å². The molecular formula is C28H29F2N7O2S. The van der Waals surface area contributed by atoms with Crippen molar-refractivity contribution in [3.63, 3.8) is 0 Å². The fourth-order valence-corrected chi connectivity index (χ4v) is 5.57. The van der Waals surface area contributed by atoms with Gasteiger partial charge in [-0.15, -0.1) is 0 Å². The van der Waals surface area contributed by atoms with Gasteiger partial charge in [-0.3, -0.25) is 9.69 Å². The van der Waals surface area contributed by atoms with Gasteiger partial charge in [0.2, 0.25) is 0 Å². The SMILES string of the molecule is [2H]C([2H])(C(=O)OCC)N1CCN(c2cc3c(N(C)c4nc(-c5ccc(F)cc5)c(C#N)s4)c(CC)nn3cc2F)CC1. The van der Waals surface area contributed by atoms with Gasteiger partial charge in [-0.05, 0) is 43.7 Å². The summed E-state index contributed by atoms with van der Waals surface area (Å²) >= 11 is 1.20. The van der Waals surface area contributed by atoms with Gasteiger partial charge in [-0.1, -0.05) is 18.3 Å². The van der Waals surface area contributed by atoms with Crippen molar-refractivity contribution in [1.82, 2.24) is 19.5 Å². The zero-order valence-electron chi connectivity index (χ0n) is 24.3. The predicted octanol–water partition coefficient (Wildman–Crippen LogP) is 4.62. The van der Waals surface area contributed by atoms with Crippen LogP contribution in [0.3, 0.4) is 0 Å². The van der Waals surface area contributed by atoms with Gasteiger partial charge in [-0.2, -0.15) is 10.4 Å². The predicted molar refractivity (Wildman–Crippen MR) is 150 cm³/mol. The molecular weight excluding hydrogens is 536 g/mol. The number of piperazine rings is 1. The second kappa shape index (κ2) is 11.6. The molecule has 0 aliphatic carbocycles. The van der Waals surface area contributed by atoms with Crippen LogP contribution in [0.4, 0.5) is 25.3 Å². The van der Waals surface area contributed by atoms with Gasteiger partial charge >= 0.3 is 5.97 Å². The van der Waals surface area contributed by atoms with E-state index in [1.165, 1.54) is 39.1 Å². The monoisotopic (exact) mass is 567 g/mol. The minimum atomic E-state index is -2.27. The molecule has 0 atom stereocenters. The van der Waals surface area contributed by atoms with Crippen LogP contribution in [-0.2, 0) is 16.0 Å². The number of aryl methyl sites for hydroxylation is 1. The molecule has 12 heteroatoms. The number of nitriles is 1. The van der Waals surface area contributed by atoms with Gasteiger partial charge in [-0.25, -0.2) is 18.3 Å². The summed E-state index contributed by atoms with van der Waals surface area (Å²) in [5.41, 5.74) is 3.45. The van der Waals surface area contributed by atoms with E-state index in [1.807, 2.05) is 23.8 Å². The number of hydrogen-bond donors (Lipinski definition) is 0. The first kappa shape index (κ1) is 24.9. The third kappa shape index (κ3) is 5.35. The Hall–Kier alpha value is -4.08. The number of nitrogens with zero attached hydrogens (tertiary/aromatic N) is 7. The summed E-state index contributed by atoms with van der Waals surface area (Å²) in [7, 11) is 1.81. The molecule has 40 heavy (non-hydrogen) atoms. The van der Waals surface area contributed by atoms with Crippen LogP contribution in [0, 0.1) is 23.0 Å². The first-order valence-corrected chi connectivity index (χ1v) is 13.7. The highest BCUT2D eigenvalue weighted by Crippen LogP contribution is 2.39. The summed E-state index contributed by atoms with van der Waals surface area (Å²) in [6.45, 7) is 2.37. The van der Waals surface area contributed by atoms with E-state index in [0.717, 1.165) is 0 Å². The molecule has 0 spiro atoms. The Bertz CT molecular complexity index is 1660. The van der Waals surface area contributed by atoms with E-state index in [1.54, 1.807) is 25.1 Å². The third-order valence-electron chi connectivity index (χ3n) is 6.68. The molecule has 4 aromatic rings. The molecule has 1 aliphatic heterocycles. The molecule has 0 amide bonds. The zero-order chi connectivity index (χ0) is 30.2. The van der Waals surface area contributed by atoms with Crippen molar-refractivity contribution in [2.75, 3.05) is 56.1 Å². The number of ether oxygens (including phenoxy) is 1. The smallest absolute Gasteiger partial charge is 0.320 e. The van der Waals surface area contributed by atoms with Crippen LogP contribution in [0.25, 0.3) is 16.8 Å². The number of anilines is 3. The molecule has 1 fully saturated rings.